The summed E-state index contributed by atoms with van der Waals surface area (Å²) in [6.07, 6.45) is 0. The second kappa shape index (κ2) is 5.81. The minimum absolute atomic E-state index is 0.777. The minimum Gasteiger partial charge on any atom is -0.355 e. The van der Waals surface area contributed by atoms with Crippen molar-refractivity contribution in [3.63, 3.8) is 0 Å². The Labute approximate surface area is 127 Å². The quantitative estimate of drug-likeness (QED) is 0.743. The summed E-state index contributed by atoms with van der Waals surface area (Å²) in [5.74, 6) is 0.778. The van der Waals surface area contributed by atoms with Crippen LogP contribution in [0.25, 0.3) is 11.4 Å². The van der Waals surface area contributed by atoms with Crippen LogP contribution in [0.3, 0.4) is 0 Å². The van der Waals surface area contributed by atoms with Crippen LogP contribution in [0.1, 0.15) is 4.88 Å². The van der Waals surface area contributed by atoms with Crippen molar-refractivity contribution in [1.29, 1.82) is 0 Å². The van der Waals surface area contributed by atoms with Gasteiger partial charge in [-0.25, -0.2) is 0 Å². The van der Waals surface area contributed by atoms with Gasteiger partial charge in [-0.15, -0.1) is 11.3 Å². The summed E-state index contributed by atoms with van der Waals surface area (Å²) in [5, 5.41) is 6.23. The van der Waals surface area contributed by atoms with E-state index in [0.29, 0.717) is 0 Å². The summed E-state index contributed by atoms with van der Waals surface area (Å²) in [5.41, 5.74) is 1.05. The van der Waals surface area contributed by atoms with Crippen LogP contribution in [0.15, 0.2) is 46.3 Å². The predicted molar refractivity (Wildman–Crippen MR) is 84.7 cm³/mol. The molecule has 0 spiro atoms. The largest absolute Gasteiger partial charge is 0.355 e. The number of benzene rings is 1. The molecule has 19 heavy (non-hydrogen) atoms. The van der Waals surface area contributed by atoms with E-state index in [9.17, 15) is 0 Å². The minimum atomic E-state index is 0.777. The normalized spacial score (nSPS) is 10.6. The summed E-state index contributed by atoms with van der Waals surface area (Å²) in [6, 6.07) is 12.1. The van der Waals surface area contributed by atoms with Gasteiger partial charge in [-0.1, -0.05) is 30.3 Å². The van der Waals surface area contributed by atoms with Crippen LogP contribution in [-0.2, 0) is 6.54 Å². The Morgan fingerprint density at radius 3 is 2.79 bits per heavy atom. The smallest absolute Gasteiger partial charge is 0.203 e. The molecular weight excluding hydrogens is 342 g/mol. The maximum absolute atomic E-state index is 4.49. The van der Waals surface area contributed by atoms with Crippen LogP contribution >= 0.6 is 38.8 Å². The third kappa shape index (κ3) is 3.20. The van der Waals surface area contributed by atoms with Gasteiger partial charge in [0.1, 0.15) is 0 Å². The molecule has 0 aliphatic heterocycles. The van der Waals surface area contributed by atoms with Crippen molar-refractivity contribution in [1.82, 2.24) is 9.36 Å². The van der Waals surface area contributed by atoms with Crippen LogP contribution in [0.2, 0.25) is 0 Å². The third-order valence-electron chi connectivity index (χ3n) is 2.49. The number of rotatable bonds is 4. The Bertz CT molecular complexity index is 663. The molecule has 0 bridgehead atoms. The Morgan fingerprint density at radius 1 is 1.21 bits per heavy atom. The summed E-state index contributed by atoms with van der Waals surface area (Å²) in [6.45, 7) is 0.777. The van der Waals surface area contributed by atoms with Crippen LogP contribution in [0.4, 0.5) is 5.13 Å². The molecule has 0 amide bonds. The number of anilines is 1. The molecule has 0 aliphatic rings. The van der Waals surface area contributed by atoms with Crippen molar-refractivity contribution in [2.45, 2.75) is 6.54 Å². The lowest BCUT2D eigenvalue weighted by atomic mass is 10.2. The summed E-state index contributed by atoms with van der Waals surface area (Å²) in [4.78, 5) is 5.76. The van der Waals surface area contributed by atoms with E-state index in [2.05, 4.69) is 42.1 Å². The molecule has 2 heterocycles. The first kappa shape index (κ1) is 12.8. The molecule has 1 aromatic carbocycles. The van der Waals surface area contributed by atoms with Crippen molar-refractivity contribution in [3.05, 3.63) is 51.1 Å². The average molecular weight is 352 g/mol. The third-order valence-corrected chi connectivity index (χ3v) is 4.86. The monoisotopic (exact) mass is 351 g/mol. The fourth-order valence-electron chi connectivity index (χ4n) is 1.61. The van der Waals surface area contributed by atoms with E-state index in [-0.39, 0.29) is 0 Å². The average Bonchev–Trinajstić information content (AvgIpc) is 3.06. The molecule has 2 aromatic heterocycles. The zero-order valence-electron chi connectivity index (χ0n) is 9.84. The lowest BCUT2D eigenvalue weighted by molar-refractivity contribution is 1.17. The van der Waals surface area contributed by atoms with Crippen LogP contribution < -0.4 is 5.32 Å². The van der Waals surface area contributed by atoms with Crippen molar-refractivity contribution in [3.8, 4) is 11.4 Å². The Hall–Kier alpha value is -1.24. The van der Waals surface area contributed by atoms with E-state index >= 15 is 0 Å². The standard InChI is InChI=1S/C13H10BrN3S2/c14-10-6-11(18-8-10)7-15-13-16-12(17-19-13)9-4-2-1-3-5-9/h1-6,8H,7H2,(H,15,16,17). The van der Waals surface area contributed by atoms with Gasteiger partial charge in [-0.3, -0.25) is 0 Å². The molecule has 3 aromatic rings. The molecular formula is C13H10BrN3S2. The van der Waals surface area contributed by atoms with Gasteiger partial charge in [0.05, 0.1) is 6.54 Å². The molecule has 96 valence electrons. The number of nitrogens with zero attached hydrogens (tertiary/aromatic N) is 2. The molecule has 0 fully saturated rings. The molecule has 0 atom stereocenters. The topological polar surface area (TPSA) is 37.8 Å². The van der Waals surface area contributed by atoms with Gasteiger partial charge in [0, 0.05) is 31.8 Å². The van der Waals surface area contributed by atoms with E-state index in [1.165, 1.54) is 16.4 Å². The highest BCUT2D eigenvalue weighted by Gasteiger charge is 2.06. The van der Waals surface area contributed by atoms with Gasteiger partial charge < -0.3 is 5.32 Å². The zero-order valence-corrected chi connectivity index (χ0v) is 13.1. The number of nitrogens with one attached hydrogen (secondary N) is 1. The lowest BCUT2D eigenvalue weighted by Gasteiger charge is -1.98. The molecule has 6 heteroatoms. The number of hydrogen-bond acceptors (Lipinski definition) is 5. The fourth-order valence-corrected chi connectivity index (χ4v) is 3.58. The Morgan fingerprint density at radius 2 is 2.05 bits per heavy atom. The van der Waals surface area contributed by atoms with Gasteiger partial charge in [-0.2, -0.15) is 9.36 Å². The number of thiophene rings is 1. The van der Waals surface area contributed by atoms with Crippen molar-refractivity contribution in [2.75, 3.05) is 5.32 Å². The summed E-state index contributed by atoms with van der Waals surface area (Å²) in [7, 11) is 0. The van der Waals surface area contributed by atoms with Crippen LogP contribution in [-0.4, -0.2) is 9.36 Å². The van der Waals surface area contributed by atoms with E-state index in [1.54, 1.807) is 11.3 Å². The first-order valence-electron chi connectivity index (χ1n) is 5.67. The molecule has 0 saturated heterocycles. The van der Waals surface area contributed by atoms with Crippen molar-refractivity contribution in [2.24, 2.45) is 0 Å². The first-order chi connectivity index (χ1) is 9.31. The van der Waals surface area contributed by atoms with E-state index in [4.69, 9.17) is 0 Å². The molecule has 0 radical (unpaired) electrons. The fraction of sp³-hybridized carbons (Fsp3) is 0.0769. The predicted octanol–water partition coefficient (Wildman–Crippen LogP) is 4.64. The van der Waals surface area contributed by atoms with Gasteiger partial charge >= 0.3 is 0 Å². The molecule has 3 rings (SSSR count). The highest BCUT2D eigenvalue weighted by Crippen LogP contribution is 2.23. The molecule has 3 nitrogen and oxygen atoms in total. The zero-order chi connectivity index (χ0) is 13.1. The molecule has 1 N–H and O–H groups in total. The van der Waals surface area contributed by atoms with E-state index in [1.807, 2.05) is 30.3 Å². The number of hydrogen-bond donors (Lipinski definition) is 1. The maximum Gasteiger partial charge on any atom is 0.203 e. The van der Waals surface area contributed by atoms with E-state index < -0.39 is 0 Å². The molecule has 0 unspecified atom stereocenters. The van der Waals surface area contributed by atoms with Gasteiger partial charge in [-0.05, 0) is 22.0 Å². The van der Waals surface area contributed by atoms with Gasteiger partial charge in [0.15, 0.2) is 5.82 Å². The van der Waals surface area contributed by atoms with Crippen molar-refractivity contribution < 1.29 is 0 Å². The van der Waals surface area contributed by atoms with Gasteiger partial charge in [0.25, 0.3) is 0 Å². The van der Waals surface area contributed by atoms with E-state index in [0.717, 1.165) is 27.5 Å². The lowest BCUT2D eigenvalue weighted by Crippen LogP contribution is -1.96. The second-order valence-electron chi connectivity index (χ2n) is 3.87. The Kier molecular flexibility index (Phi) is 3.91. The molecule has 0 aliphatic carbocycles. The van der Waals surface area contributed by atoms with Crippen LogP contribution in [0, 0.1) is 0 Å². The molecule has 0 saturated carbocycles. The maximum atomic E-state index is 4.49. The van der Waals surface area contributed by atoms with Gasteiger partial charge in [0.2, 0.25) is 5.13 Å². The highest BCUT2D eigenvalue weighted by molar-refractivity contribution is 9.10. The highest BCUT2D eigenvalue weighted by atomic mass is 79.9. The van der Waals surface area contributed by atoms with Crippen LogP contribution in [0.5, 0.6) is 0 Å². The number of aromatic nitrogens is 2. The Balaban J connectivity index is 1.68. The number of halogens is 1. The summed E-state index contributed by atoms with van der Waals surface area (Å²) >= 11 is 6.56. The summed E-state index contributed by atoms with van der Waals surface area (Å²) < 4.78 is 5.49. The first-order valence-corrected chi connectivity index (χ1v) is 8.12. The SMILES string of the molecule is Brc1csc(CNc2nc(-c3ccccc3)ns2)c1. The van der Waals surface area contributed by atoms with Crippen molar-refractivity contribution >= 4 is 43.9 Å². The second-order valence-corrected chi connectivity index (χ2v) is 6.54.